The fourth-order valence-corrected chi connectivity index (χ4v) is 3.18. The highest BCUT2D eigenvalue weighted by Crippen LogP contribution is 2.41. The van der Waals surface area contributed by atoms with Crippen molar-refractivity contribution in [3.8, 4) is 5.75 Å². The van der Waals surface area contributed by atoms with Crippen LogP contribution in [0.25, 0.3) is 20.2 Å². The van der Waals surface area contributed by atoms with E-state index >= 15 is 0 Å². The van der Waals surface area contributed by atoms with Gasteiger partial charge in [0, 0.05) is 10.8 Å². The highest BCUT2D eigenvalue weighted by molar-refractivity contribution is 7.26. The molecule has 0 saturated heterocycles. The third kappa shape index (κ3) is 1.22. The van der Waals surface area contributed by atoms with E-state index < -0.39 is 0 Å². The summed E-state index contributed by atoms with van der Waals surface area (Å²) in [6.07, 6.45) is 0. The Hall–Kier alpha value is -1.25. The van der Waals surface area contributed by atoms with Crippen LogP contribution in [-0.2, 0) is 0 Å². The second-order valence-corrected chi connectivity index (χ2v) is 4.80. The van der Waals surface area contributed by atoms with Crippen molar-refractivity contribution in [2.75, 3.05) is 0 Å². The van der Waals surface area contributed by atoms with Gasteiger partial charge in [-0.3, -0.25) is 0 Å². The van der Waals surface area contributed by atoms with Gasteiger partial charge in [-0.2, -0.15) is 0 Å². The molecule has 1 N–H and O–H groups in total. The number of hydrogen-bond donors (Lipinski definition) is 1. The van der Waals surface area contributed by atoms with E-state index in [9.17, 15) is 5.11 Å². The van der Waals surface area contributed by atoms with Crippen LogP contribution < -0.4 is 0 Å². The normalized spacial score (nSPS) is 11.3. The molecule has 3 rings (SSSR count). The van der Waals surface area contributed by atoms with Gasteiger partial charge in [0.25, 0.3) is 0 Å². The number of halogens is 1. The number of rotatable bonds is 0. The smallest absolute Gasteiger partial charge is 0.133 e. The van der Waals surface area contributed by atoms with Crippen LogP contribution in [-0.4, -0.2) is 5.11 Å². The Morgan fingerprint density at radius 2 is 1.60 bits per heavy atom. The predicted octanol–water partition coefficient (Wildman–Crippen LogP) is 4.41. The van der Waals surface area contributed by atoms with E-state index in [4.69, 9.17) is 11.6 Å². The molecule has 1 heterocycles. The van der Waals surface area contributed by atoms with E-state index in [2.05, 4.69) is 0 Å². The Labute approximate surface area is 95.5 Å². The molecule has 0 spiro atoms. The lowest BCUT2D eigenvalue weighted by molar-refractivity contribution is 0.482. The first-order chi connectivity index (χ1) is 7.27. The molecule has 2 aromatic carbocycles. The molecule has 0 atom stereocenters. The molecule has 3 heteroatoms. The predicted molar refractivity (Wildman–Crippen MR) is 66.0 cm³/mol. The lowest BCUT2D eigenvalue weighted by atomic mass is 10.1. The highest BCUT2D eigenvalue weighted by Gasteiger charge is 2.09. The number of thiophene rings is 1. The van der Waals surface area contributed by atoms with Crippen LogP contribution in [0, 0.1) is 0 Å². The summed E-state index contributed by atoms with van der Waals surface area (Å²) in [6, 6.07) is 11.4. The van der Waals surface area contributed by atoms with Gasteiger partial charge >= 0.3 is 0 Å². The maximum atomic E-state index is 9.73. The molecule has 15 heavy (non-hydrogen) atoms. The minimum absolute atomic E-state index is 0.324. The topological polar surface area (TPSA) is 20.2 Å². The van der Waals surface area contributed by atoms with Crippen molar-refractivity contribution in [2.24, 2.45) is 0 Å². The zero-order valence-corrected chi connectivity index (χ0v) is 9.27. The van der Waals surface area contributed by atoms with Crippen molar-refractivity contribution in [3.63, 3.8) is 0 Å². The van der Waals surface area contributed by atoms with Gasteiger partial charge in [0.05, 0.1) is 14.4 Å². The molecule has 74 valence electrons. The third-order valence-corrected chi connectivity index (χ3v) is 4.16. The molecule has 0 aliphatic rings. The molecule has 0 unspecified atom stereocenters. The second kappa shape index (κ2) is 3.12. The minimum atomic E-state index is 0.324. The highest BCUT2D eigenvalue weighted by atomic mass is 35.5. The fourth-order valence-electron chi connectivity index (χ4n) is 1.77. The molecule has 0 radical (unpaired) electrons. The summed E-state index contributed by atoms with van der Waals surface area (Å²) in [5.41, 5.74) is 0. The molecular weight excluding hydrogens is 228 g/mol. The lowest BCUT2D eigenvalue weighted by Gasteiger charge is -1.93. The summed E-state index contributed by atoms with van der Waals surface area (Å²) in [5.74, 6) is 0.324. The summed E-state index contributed by atoms with van der Waals surface area (Å²) < 4.78 is 1.94. The quantitative estimate of drug-likeness (QED) is 0.611. The number of benzene rings is 2. The fraction of sp³-hybridized carbons (Fsp3) is 0. The summed E-state index contributed by atoms with van der Waals surface area (Å²) in [7, 11) is 0. The van der Waals surface area contributed by atoms with Crippen LogP contribution in [0.4, 0.5) is 0 Å². The molecule has 0 aliphatic carbocycles. The Morgan fingerprint density at radius 1 is 0.933 bits per heavy atom. The van der Waals surface area contributed by atoms with Gasteiger partial charge < -0.3 is 5.11 Å². The molecule has 0 aliphatic heterocycles. The number of phenols is 1. The van der Waals surface area contributed by atoms with Crippen LogP contribution in [0.15, 0.2) is 36.4 Å². The van der Waals surface area contributed by atoms with Crippen molar-refractivity contribution >= 4 is 43.1 Å². The maximum Gasteiger partial charge on any atom is 0.133 e. The number of fused-ring (bicyclic) bond motifs is 3. The molecular formula is C12H7ClOS. The van der Waals surface area contributed by atoms with Crippen LogP contribution in [0.2, 0.25) is 5.02 Å². The number of aromatic hydroxyl groups is 1. The summed E-state index contributed by atoms with van der Waals surface area (Å²) >= 11 is 7.64. The largest absolute Gasteiger partial charge is 0.506 e. The number of hydrogen-bond acceptors (Lipinski definition) is 2. The average Bonchev–Trinajstić information content (AvgIpc) is 2.60. The maximum absolute atomic E-state index is 9.73. The van der Waals surface area contributed by atoms with Crippen molar-refractivity contribution < 1.29 is 5.11 Å². The first-order valence-electron chi connectivity index (χ1n) is 4.56. The van der Waals surface area contributed by atoms with Crippen LogP contribution in [0.1, 0.15) is 0 Å². The van der Waals surface area contributed by atoms with Gasteiger partial charge in [0.1, 0.15) is 5.75 Å². The Kier molecular flexibility index (Phi) is 1.87. The average molecular weight is 235 g/mol. The molecule has 0 amide bonds. The molecule has 0 fully saturated rings. The zero-order valence-electron chi connectivity index (χ0n) is 7.70. The zero-order chi connectivity index (χ0) is 10.4. The van der Waals surface area contributed by atoms with E-state index in [1.165, 1.54) is 11.3 Å². The van der Waals surface area contributed by atoms with Crippen molar-refractivity contribution in [3.05, 3.63) is 41.4 Å². The van der Waals surface area contributed by atoms with Gasteiger partial charge in [-0.1, -0.05) is 35.9 Å². The first-order valence-corrected chi connectivity index (χ1v) is 5.75. The van der Waals surface area contributed by atoms with Crippen LogP contribution in [0.3, 0.4) is 0 Å². The molecule has 3 aromatic rings. The Balaban J connectivity index is 2.63. The SMILES string of the molecule is Oc1cccc2c1sc1c(Cl)cccc12. The second-order valence-electron chi connectivity index (χ2n) is 3.37. The van der Waals surface area contributed by atoms with E-state index in [1.807, 2.05) is 30.3 Å². The molecule has 1 nitrogen and oxygen atoms in total. The Bertz CT molecular complexity index is 601. The van der Waals surface area contributed by atoms with Gasteiger partial charge in [0.2, 0.25) is 0 Å². The molecule has 0 bridgehead atoms. The minimum Gasteiger partial charge on any atom is -0.506 e. The van der Waals surface area contributed by atoms with E-state index in [0.29, 0.717) is 5.75 Å². The van der Waals surface area contributed by atoms with E-state index in [0.717, 1.165) is 25.2 Å². The summed E-state index contributed by atoms with van der Waals surface area (Å²) in [5, 5.41) is 12.7. The molecule has 0 saturated carbocycles. The van der Waals surface area contributed by atoms with Crippen LogP contribution in [0.5, 0.6) is 5.75 Å². The third-order valence-electron chi connectivity index (χ3n) is 2.46. The van der Waals surface area contributed by atoms with Crippen molar-refractivity contribution in [1.29, 1.82) is 0 Å². The van der Waals surface area contributed by atoms with Gasteiger partial charge in [-0.15, -0.1) is 11.3 Å². The van der Waals surface area contributed by atoms with E-state index in [-0.39, 0.29) is 0 Å². The molecule has 1 aromatic heterocycles. The summed E-state index contributed by atoms with van der Waals surface area (Å²) in [6.45, 7) is 0. The van der Waals surface area contributed by atoms with E-state index in [1.54, 1.807) is 6.07 Å². The monoisotopic (exact) mass is 234 g/mol. The van der Waals surface area contributed by atoms with Gasteiger partial charge in [-0.25, -0.2) is 0 Å². The van der Waals surface area contributed by atoms with Gasteiger partial charge in [-0.05, 0) is 12.1 Å². The van der Waals surface area contributed by atoms with Crippen molar-refractivity contribution in [2.45, 2.75) is 0 Å². The first kappa shape index (κ1) is 9.01. The van der Waals surface area contributed by atoms with Crippen molar-refractivity contribution in [1.82, 2.24) is 0 Å². The Morgan fingerprint density at radius 3 is 2.40 bits per heavy atom. The number of phenolic OH excluding ortho intramolecular Hbond substituents is 1. The lowest BCUT2D eigenvalue weighted by Crippen LogP contribution is -1.67. The summed E-state index contributed by atoms with van der Waals surface area (Å²) in [4.78, 5) is 0. The van der Waals surface area contributed by atoms with Gasteiger partial charge in [0.15, 0.2) is 0 Å². The standard InChI is InChI=1S/C12H7ClOS/c13-9-5-1-3-7-8-4-2-6-10(14)12(8)15-11(7)9/h1-6,14H. The van der Waals surface area contributed by atoms with Crippen LogP contribution >= 0.6 is 22.9 Å².